The number of hydrogen-bond acceptors (Lipinski definition) is 4. The molecule has 0 radical (unpaired) electrons. The van der Waals surface area contributed by atoms with Crippen LogP contribution in [0.25, 0.3) is 0 Å². The fourth-order valence-corrected chi connectivity index (χ4v) is 1.83. The second-order valence-corrected chi connectivity index (χ2v) is 5.54. The first-order chi connectivity index (χ1) is 9.60. The van der Waals surface area contributed by atoms with Crippen LogP contribution in [0.15, 0.2) is 18.2 Å². The van der Waals surface area contributed by atoms with Crippen LogP contribution in [-0.4, -0.2) is 17.6 Å². The normalized spacial score (nSPS) is 15.9. The van der Waals surface area contributed by atoms with Crippen molar-refractivity contribution in [2.45, 2.75) is 45.7 Å². The third-order valence-electron chi connectivity index (χ3n) is 3.61. The lowest BCUT2D eigenvalue weighted by Gasteiger charge is -2.12. The molecule has 1 fully saturated rings. The molecular formula is C15H22N2O3. The third kappa shape index (κ3) is 4.20. The van der Waals surface area contributed by atoms with Crippen LogP contribution in [0.3, 0.4) is 0 Å². The van der Waals surface area contributed by atoms with Crippen molar-refractivity contribution in [1.29, 1.82) is 0 Å². The van der Waals surface area contributed by atoms with E-state index in [4.69, 9.17) is 4.74 Å². The van der Waals surface area contributed by atoms with Gasteiger partial charge in [0.2, 0.25) is 0 Å². The second kappa shape index (κ2) is 6.70. The van der Waals surface area contributed by atoms with Crippen molar-refractivity contribution in [2.24, 2.45) is 5.92 Å². The zero-order valence-corrected chi connectivity index (χ0v) is 12.1. The van der Waals surface area contributed by atoms with Gasteiger partial charge in [-0.3, -0.25) is 10.1 Å². The average Bonchev–Trinajstić information content (AvgIpc) is 3.26. The Labute approximate surface area is 119 Å². The predicted octanol–water partition coefficient (Wildman–Crippen LogP) is 3.27. The number of ether oxygens (including phenoxy) is 1. The minimum atomic E-state index is -0.385. The summed E-state index contributed by atoms with van der Waals surface area (Å²) in [5.74, 6) is 0.772. The smallest absolute Gasteiger partial charge is 0.310 e. The molecule has 1 aromatic carbocycles. The number of nitrogens with one attached hydrogen (secondary N) is 1. The van der Waals surface area contributed by atoms with Gasteiger partial charge in [0, 0.05) is 18.7 Å². The van der Waals surface area contributed by atoms with Gasteiger partial charge >= 0.3 is 5.69 Å². The van der Waals surface area contributed by atoms with Crippen LogP contribution in [0.2, 0.25) is 0 Å². The molecule has 0 amide bonds. The summed E-state index contributed by atoms with van der Waals surface area (Å²) in [6.07, 6.45) is 3.45. The number of nitrogens with zero attached hydrogens (tertiary/aromatic N) is 1. The van der Waals surface area contributed by atoms with Crippen LogP contribution in [0.1, 0.15) is 38.7 Å². The first-order valence-electron chi connectivity index (χ1n) is 7.23. The fraction of sp³-hybridized carbons (Fsp3) is 0.600. The zero-order chi connectivity index (χ0) is 14.5. The molecule has 20 heavy (non-hydrogen) atoms. The van der Waals surface area contributed by atoms with Crippen molar-refractivity contribution >= 4 is 5.69 Å². The Bertz CT molecular complexity index is 472. The summed E-state index contributed by atoms with van der Waals surface area (Å²) in [6.45, 7) is 5.40. The van der Waals surface area contributed by atoms with Crippen LogP contribution in [0.4, 0.5) is 5.69 Å². The molecule has 110 valence electrons. The maximum Gasteiger partial charge on any atom is 0.310 e. The van der Waals surface area contributed by atoms with E-state index in [1.807, 2.05) is 0 Å². The molecule has 2 rings (SSSR count). The lowest BCUT2D eigenvalue weighted by molar-refractivity contribution is -0.385. The zero-order valence-electron chi connectivity index (χ0n) is 12.1. The maximum atomic E-state index is 11.0. The largest absolute Gasteiger partial charge is 0.487 e. The highest BCUT2D eigenvalue weighted by atomic mass is 16.6. The van der Waals surface area contributed by atoms with Gasteiger partial charge in [-0.25, -0.2) is 0 Å². The molecule has 1 aromatic rings. The van der Waals surface area contributed by atoms with Crippen LogP contribution in [0.5, 0.6) is 5.75 Å². The van der Waals surface area contributed by atoms with Crippen LogP contribution < -0.4 is 10.1 Å². The van der Waals surface area contributed by atoms with Gasteiger partial charge in [0.1, 0.15) is 0 Å². The summed E-state index contributed by atoms with van der Waals surface area (Å²) in [5, 5.41) is 14.4. The van der Waals surface area contributed by atoms with Crippen molar-refractivity contribution < 1.29 is 9.66 Å². The van der Waals surface area contributed by atoms with Crippen molar-refractivity contribution in [1.82, 2.24) is 5.32 Å². The van der Waals surface area contributed by atoms with E-state index in [0.29, 0.717) is 24.3 Å². The van der Waals surface area contributed by atoms with Crippen molar-refractivity contribution in [3.8, 4) is 5.75 Å². The number of benzene rings is 1. The quantitative estimate of drug-likeness (QED) is 0.585. The summed E-state index contributed by atoms with van der Waals surface area (Å²) < 4.78 is 5.64. The van der Waals surface area contributed by atoms with E-state index in [0.717, 1.165) is 18.5 Å². The van der Waals surface area contributed by atoms with Gasteiger partial charge in [0.25, 0.3) is 0 Å². The van der Waals surface area contributed by atoms with Gasteiger partial charge in [-0.1, -0.05) is 26.3 Å². The molecule has 0 aromatic heterocycles. The molecule has 0 spiro atoms. The average molecular weight is 278 g/mol. The minimum Gasteiger partial charge on any atom is -0.487 e. The molecule has 1 unspecified atom stereocenters. The van der Waals surface area contributed by atoms with E-state index < -0.39 is 0 Å². The molecule has 1 aliphatic rings. The van der Waals surface area contributed by atoms with E-state index in [2.05, 4.69) is 19.2 Å². The first kappa shape index (κ1) is 14.8. The van der Waals surface area contributed by atoms with Gasteiger partial charge in [0.15, 0.2) is 5.75 Å². The molecule has 0 aliphatic heterocycles. The third-order valence-corrected chi connectivity index (χ3v) is 3.61. The van der Waals surface area contributed by atoms with E-state index in [9.17, 15) is 10.1 Å². The molecule has 0 heterocycles. The Morgan fingerprint density at radius 3 is 2.85 bits per heavy atom. The standard InChI is InChI=1S/C15H22N2O3/c1-3-11(2)10-20-15-8-12(9-16-13-5-6-13)4-7-14(15)17(18)19/h4,7-8,11,13,16H,3,5-6,9-10H2,1-2H3. The van der Waals surface area contributed by atoms with E-state index in [1.54, 1.807) is 12.1 Å². The molecule has 0 bridgehead atoms. The highest BCUT2D eigenvalue weighted by Crippen LogP contribution is 2.29. The molecule has 5 nitrogen and oxygen atoms in total. The number of rotatable bonds is 8. The summed E-state index contributed by atoms with van der Waals surface area (Å²) in [7, 11) is 0. The SMILES string of the molecule is CCC(C)COc1cc(CNC2CC2)ccc1[N+](=O)[O-]. The number of nitro groups is 1. The summed E-state index contributed by atoms with van der Waals surface area (Å²) in [6, 6.07) is 5.74. The summed E-state index contributed by atoms with van der Waals surface area (Å²) >= 11 is 0. The minimum absolute atomic E-state index is 0.0449. The number of hydrogen-bond donors (Lipinski definition) is 1. The topological polar surface area (TPSA) is 64.4 Å². The second-order valence-electron chi connectivity index (χ2n) is 5.54. The Morgan fingerprint density at radius 2 is 2.25 bits per heavy atom. The first-order valence-corrected chi connectivity index (χ1v) is 7.23. The van der Waals surface area contributed by atoms with Crippen LogP contribution >= 0.6 is 0 Å². The highest BCUT2D eigenvalue weighted by molar-refractivity contribution is 5.48. The lowest BCUT2D eigenvalue weighted by Crippen LogP contribution is -2.15. The van der Waals surface area contributed by atoms with E-state index >= 15 is 0 Å². The molecule has 1 aliphatic carbocycles. The molecule has 0 saturated heterocycles. The Kier molecular flexibility index (Phi) is 4.95. The lowest BCUT2D eigenvalue weighted by atomic mass is 10.1. The van der Waals surface area contributed by atoms with Gasteiger partial charge < -0.3 is 10.1 Å². The van der Waals surface area contributed by atoms with Crippen LogP contribution in [-0.2, 0) is 6.54 Å². The Balaban J connectivity index is 2.06. The Hall–Kier alpha value is -1.62. The van der Waals surface area contributed by atoms with Gasteiger partial charge in [-0.15, -0.1) is 0 Å². The predicted molar refractivity (Wildman–Crippen MR) is 77.9 cm³/mol. The van der Waals surface area contributed by atoms with Gasteiger partial charge in [0.05, 0.1) is 11.5 Å². The summed E-state index contributed by atoms with van der Waals surface area (Å²) in [5.41, 5.74) is 1.07. The molecule has 5 heteroatoms. The van der Waals surface area contributed by atoms with Crippen molar-refractivity contribution in [3.63, 3.8) is 0 Å². The Morgan fingerprint density at radius 1 is 1.50 bits per heavy atom. The van der Waals surface area contributed by atoms with E-state index in [-0.39, 0.29) is 10.6 Å². The van der Waals surface area contributed by atoms with Crippen molar-refractivity contribution in [3.05, 3.63) is 33.9 Å². The highest BCUT2D eigenvalue weighted by Gasteiger charge is 2.21. The van der Waals surface area contributed by atoms with Crippen molar-refractivity contribution in [2.75, 3.05) is 6.61 Å². The molecular weight excluding hydrogens is 256 g/mol. The van der Waals surface area contributed by atoms with E-state index in [1.165, 1.54) is 18.9 Å². The monoisotopic (exact) mass is 278 g/mol. The van der Waals surface area contributed by atoms with Gasteiger partial charge in [-0.05, 0) is 30.4 Å². The summed E-state index contributed by atoms with van der Waals surface area (Å²) in [4.78, 5) is 10.6. The molecule has 1 saturated carbocycles. The fourth-order valence-electron chi connectivity index (χ4n) is 1.83. The maximum absolute atomic E-state index is 11.0. The van der Waals surface area contributed by atoms with Gasteiger partial charge in [-0.2, -0.15) is 0 Å². The molecule has 1 atom stereocenters. The molecule has 1 N–H and O–H groups in total. The number of nitro benzene ring substituents is 1. The van der Waals surface area contributed by atoms with Crippen LogP contribution in [0, 0.1) is 16.0 Å².